The van der Waals surface area contributed by atoms with E-state index in [1.165, 1.54) is 33.1 Å². The number of hydrogen-bond acceptors (Lipinski definition) is 5. The monoisotopic (exact) mass is 399 g/mol. The van der Waals surface area contributed by atoms with Crippen molar-refractivity contribution in [2.45, 2.75) is 25.6 Å². The maximum atomic E-state index is 15.5. The van der Waals surface area contributed by atoms with Crippen molar-refractivity contribution >= 4 is 13.3 Å². The summed E-state index contributed by atoms with van der Waals surface area (Å²) in [5.74, 6) is 0.526. The number of halogens is 2. The van der Waals surface area contributed by atoms with Crippen LogP contribution in [0.3, 0.4) is 0 Å². The van der Waals surface area contributed by atoms with Crippen molar-refractivity contribution in [1.29, 1.82) is 0 Å². The van der Waals surface area contributed by atoms with Crippen LogP contribution in [-0.4, -0.2) is 26.0 Å². The van der Waals surface area contributed by atoms with Crippen LogP contribution >= 0.6 is 7.60 Å². The number of rotatable bonds is 10. The van der Waals surface area contributed by atoms with E-state index in [0.29, 0.717) is 11.4 Å². The summed E-state index contributed by atoms with van der Waals surface area (Å²) in [5.41, 5.74) is -3.13. The summed E-state index contributed by atoms with van der Waals surface area (Å²) in [7, 11) is -3.24. The lowest BCUT2D eigenvalue weighted by atomic mass is 10.1. The van der Waals surface area contributed by atoms with Crippen molar-refractivity contribution in [3.8, 4) is 5.75 Å². The largest absolute Gasteiger partial charge is 0.497 e. The average Bonchev–Trinajstić information content (AvgIpc) is 2.67. The molecule has 0 amide bonds. The third-order valence-corrected chi connectivity index (χ3v) is 6.03. The van der Waals surface area contributed by atoms with E-state index < -0.39 is 19.3 Å². The van der Waals surface area contributed by atoms with E-state index in [-0.39, 0.29) is 18.8 Å². The van der Waals surface area contributed by atoms with Crippen molar-refractivity contribution < 1.29 is 27.1 Å². The van der Waals surface area contributed by atoms with Crippen LogP contribution in [0.1, 0.15) is 25.5 Å². The van der Waals surface area contributed by atoms with Crippen molar-refractivity contribution in [3.63, 3.8) is 0 Å². The molecule has 1 atom stereocenters. The maximum absolute atomic E-state index is 15.5. The molecule has 148 valence electrons. The summed E-state index contributed by atoms with van der Waals surface area (Å²) < 4.78 is 58.8. The van der Waals surface area contributed by atoms with Gasteiger partial charge < -0.3 is 19.1 Å². The van der Waals surface area contributed by atoms with Crippen molar-refractivity contribution in [3.05, 3.63) is 60.2 Å². The average molecular weight is 399 g/mol. The van der Waals surface area contributed by atoms with Gasteiger partial charge in [0, 0.05) is 5.69 Å². The van der Waals surface area contributed by atoms with Gasteiger partial charge in [0.2, 0.25) is 0 Å². The lowest BCUT2D eigenvalue weighted by molar-refractivity contribution is 0.0218. The molecule has 0 aliphatic heterocycles. The molecule has 0 heterocycles. The molecule has 2 aromatic rings. The van der Waals surface area contributed by atoms with E-state index >= 15 is 8.78 Å². The van der Waals surface area contributed by atoms with Crippen LogP contribution in [0.4, 0.5) is 14.5 Å². The van der Waals surface area contributed by atoms with Gasteiger partial charge in [-0.1, -0.05) is 30.3 Å². The van der Waals surface area contributed by atoms with Crippen LogP contribution in [0.15, 0.2) is 54.6 Å². The van der Waals surface area contributed by atoms with Gasteiger partial charge in [-0.15, -0.1) is 0 Å². The van der Waals surface area contributed by atoms with E-state index in [2.05, 4.69) is 5.32 Å². The number of alkyl halides is 2. The Bertz CT molecular complexity index is 746. The molecule has 27 heavy (non-hydrogen) atoms. The van der Waals surface area contributed by atoms with Gasteiger partial charge in [-0.25, -0.2) is 0 Å². The highest BCUT2D eigenvalue weighted by Crippen LogP contribution is 2.66. The Labute approximate surface area is 158 Å². The van der Waals surface area contributed by atoms with Crippen LogP contribution in [0, 0.1) is 0 Å². The number of benzene rings is 2. The first-order chi connectivity index (χ1) is 12.9. The summed E-state index contributed by atoms with van der Waals surface area (Å²) >= 11 is 0. The van der Waals surface area contributed by atoms with Crippen LogP contribution in [-0.2, 0) is 13.6 Å². The minimum absolute atomic E-state index is 0.159. The van der Waals surface area contributed by atoms with E-state index in [4.69, 9.17) is 13.8 Å². The highest BCUT2D eigenvalue weighted by molar-refractivity contribution is 7.55. The Balaban J connectivity index is 2.50. The maximum Gasteiger partial charge on any atom is 0.402 e. The first-order valence-electron chi connectivity index (χ1n) is 8.60. The van der Waals surface area contributed by atoms with Gasteiger partial charge in [0.05, 0.1) is 20.3 Å². The summed E-state index contributed by atoms with van der Waals surface area (Å²) in [6.07, 6.45) is 0. The Kier molecular flexibility index (Phi) is 7.36. The molecule has 1 N–H and O–H groups in total. The molecule has 0 unspecified atom stereocenters. The molecule has 2 aromatic carbocycles. The van der Waals surface area contributed by atoms with E-state index in [9.17, 15) is 4.57 Å². The molecule has 0 saturated heterocycles. The SMILES string of the molecule is CCOP(=O)(OCC)C(F)(F)[C@H](Nc1ccccc1)c1ccc(OC)cc1. The highest BCUT2D eigenvalue weighted by atomic mass is 31.2. The lowest BCUT2D eigenvalue weighted by Crippen LogP contribution is -2.34. The quantitative estimate of drug-likeness (QED) is 0.519. The van der Waals surface area contributed by atoms with Crippen LogP contribution in [0.25, 0.3) is 0 Å². The number of anilines is 1. The Morgan fingerprint density at radius 2 is 1.56 bits per heavy atom. The van der Waals surface area contributed by atoms with Crippen LogP contribution in [0.5, 0.6) is 5.75 Å². The molecule has 0 aliphatic carbocycles. The zero-order chi connectivity index (χ0) is 19.9. The lowest BCUT2D eigenvalue weighted by Gasteiger charge is -2.33. The molecule has 0 aromatic heterocycles. The zero-order valence-corrected chi connectivity index (χ0v) is 16.4. The topological polar surface area (TPSA) is 56.8 Å². The molecular formula is C19H24F2NO4P. The number of hydrogen-bond donors (Lipinski definition) is 1. The third kappa shape index (κ3) is 4.86. The summed E-state index contributed by atoms with van der Waals surface area (Å²) in [4.78, 5) is 0. The fourth-order valence-electron chi connectivity index (χ4n) is 2.58. The molecule has 8 heteroatoms. The summed E-state index contributed by atoms with van der Waals surface area (Å²) in [6.45, 7) is 2.67. The second-order valence-corrected chi connectivity index (χ2v) is 7.74. The molecular weight excluding hydrogens is 375 g/mol. The molecule has 0 aliphatic rings. The fourth-order valence-corrected chi connectivity index (χ4v) is 4.20. The van der Waals surface area contributed by atoms with Crippen LogP contribution in [0.2, 0.25) is 0 Å². The third-order valence-electron chi connectivity index (χ3n) is 3.84. The van der Waals surface area contributed by atoms with E-state index in [1.807, 2.05) is 0 Å². The summed E-state index contributed by atoms with van der Waals surface area (Å²) in [6, 6.07) is 13.0. The minimum atomic E-state index is -4.73. The minimum Gasteiger partial charge on any atom is -0.497 e. The van der Waals surface area contributed by atoms with Crippen molar-refractivity contribution in [1.82, 2.24) is 0 Å². The molecule has 5 nitrogen and oxygen atoms in total. The van der Waals surface area contributed by atoms with Gasteiger partial charge >= 0.3 is 13.3 Å². The molecule has 2 rings (SSSR count). The second-order valence-electron chi connectivity index (χ2n) is 5.64. The number of para-hydroxylation sites is 1. The first-order valence-corrected chi connectivity index (χ1v) is 10.1. The standard InChI is InChI=1S/C19H24F2NO4P/c1-4-25-27(23,26-5-2)19(20,21)18(22-16-9-7-6-8-10-16)15-11-13-17(24-3)14-12-15/h6-14,18,22H,4-5H2,1-3H3/t18-/m1/s1. The predicted octanol–water partition coefficient (Wildman–Crippen LogP) is 5.71. The van der Waals surface area contributed by atoms with Crippen LogP contribution < -0.4 is 10.1 Å². The Morgan fingerprint density at radius 1 is 1.00 bits per heavy atom. The predicted molar refractivity (Wildman–Crippen MR) is 102 cm³/mol. The molecule has 0 fully saturated rings. The van der Waals surface area contributed by atoms with Crippen molar-refractivity contribution in [2.24, 2.45) is 0 Å². The number of nitrogens with one attached hydrogen (secondary N) is 1. The summed E-state index contributed by atoms with van der Waals surface area (Å²) in [5, 5.41) is 2.77. The molecule has 0 radical (unpaired) electrons. The highest BCUT2D eigenvalue weighted by Gasteiger charge is 2.59. The smallest absolute Gasteiger partial charge is 0.402 e. The van der Waals surface area contributed by atoms with Gasteiger partial charge in [0.15, 0.2) is 0 Å². The van der Waals surface area contributed by atoms with Gasteiger partial charge in [-0.05, 0) is 43.7 Å². The fraction of sp³-hybridized carbons (Fsp3) is 0.368. The Hall–Kier alpha value is -1.95. The molecule has 0 bridgehead atoms. The molecule has 0 spiro atoms. The van der Waals surface area contributed by atoms with Gasteiger partial charge in [0.25, 0.3) is 0 Å². The normalized spacial score (nSPS) is 13.2. The Morgan fingerprint density at radius 3 is 2.04 bits per heavy atom. The van der Waals surface area contributed by atoms with Crippen molar-refractivity contribution in [2.75, 3.05) is 25.6 Å². The van der Waals surface area contributed by atoms with E-state index in [1.54, 1.807) is 42.5 Å². The van der Waals surface area contributed by atoms with E-state index in [0.717, 1.165) is 0 Å². The molecule has 0 saturated carbocycles. The van der Waals surface area contributed by atoms with Gasteiger partial charge in [0.1, 0.15) is 11.8 Å². The zero-order valence-electron chi connectivity index (χ0n) is 15.5. The second kappa shape index (κ2) is 9.31. The first kappa shape index (κ1) is 21.4. The number of methoxy groups -OCH3 is 1. The number of ether oxygens (including phenoxy) is 1. The van der Waals surface area contributed by atoms with Gasteiger partial charge in [-0.2, -0.15) is 8.78 Å². The van der Waals surface area contributed by atoms with Gasteiger partial charge in [-0.3, -0.25) is 4.57 Å².